The van der Waals surface area contributed by atoms with Gasteiger partial charge in [0.1, 0.15) is 16.5 Å². The maximum Gasteiger partial charge on any atom is 0.142 e. The summed E-state index contributed by atoms with van der Waals surface area (Å²) in [5.74, 6) is 1.67. The molecule has 3 nitrogen and oxygen atoms in total. The van der Waals surface area contributed by atoms with Crippen LogP contribution in [0, 0.1) is 13.8 Å². The minimum absolute atomic E-state index is 0.785. The fourth-order valence-electron chi connectivity index (χ4n) is 3.19. The lowest BCUT2D eigenvalue weighted by atomic mass is 10.1. The fourth-order valence-corrected chi connectivity index (χ4v) is 4.27. The lowest BCUT2D eigenvalue weighted by molar-refractivity contribution is 1.09. The van der Waals surface area contributed by atoms with E-state index in [1.807, 2.05) is 13.0 Å². The number of nitrogens with one attached hydrogen (secondary N) is 1. The molecule has 2 aromatic heterocycles. The van der Waals surface area contributed by atoms with Crippen LogP contribution in [0.1, 0.15) is 23.9 Å². The van der Waals surface area contributed by atoms with Crippen molar-refractivity contribution in [1.29, 1.82) is 0 Å². The van der Waals surface area contributed by atoms with E-state index in [0.29, 0.717) is 0 Å². The molecular formula is C22H21N3S. The van der Waals surface area contributed by atoms with Crippen LogP contribution in [0.2, 0.25) is 0 Å². The number of nitrogens with zero attached hydrogens (tertiary/aromatic N) is 2. The molecular weight excluding hydrogens is 338 g/mol. The molecule has 4 aromatic rings. The first kappa shape index (κ1) is 16.7. The number of anilines is 2. The third-order valence-corrected chi connectivity index (χ3v) is 5.62. The standard InChI is InChI=1S/C22H21N3S/c1-4-16-12-8-9-14(2)20(16)25-21-18-13-19(17-10-6-5-7-11-17)26-22(18)24-15(3)23-21/h5-13H,4H2,1-3H3,(H,23,24,25). The van der Waals surface area contributed by atoms with Crippen LogP contribution in [-0.4, -0.2) is 9.97 Å². The molecule has 0 spiro atoms. The van der Waals surface area contributed by atoms with Gasteiger partial charge in [0.15, 0.2) is 0 Å². The van der Waals surface area contributed by atoms with Crippen molar-refractivity contribution in [3.8, 4) is 10.4 Å². The summed E-state index contributed by atoms with van der Waals surface area (Å²) in [6.45, 7) is 6.26. The summed E-state index contributed by atoms with van der Waals surface area (Å²) < 4.78 is 0. The highest BCUT2D eigenvalue weighted by Gasteiger charge is 2.13. The largest absolute Gasteiger partial charge is 0.339 e. The SMILES string of the molecule is CCc1cccc(C)c1Nc1nc(C)nc2sc(-c3ccccc3)cc12. The molecule has 0 unspecified atom stereocenters. The van der Waals surface area contributed by atoms with E-state index in [-0.39, 0.29) is 0 Å². The highest BCUT2D eigenvalue weighted by molar-refractivity contribution is 7.21. The van der Waals surface area contributed by atoms with Crippen molar-refractivity contribution < 1.29 is 0 Å². The zero-order chi connectivity index (χ0) is 18.1. The maximum atomic E-state index is 4.70. The van der Waals surface area contributed by atoms with E-state index in [1.54, 1.807) is 11.3 Å². The van der Waals surface area contributed by atoms with Gasteiger partial charge in [-0.2, -0.15) is 0 Å². The number of aromatic nitrogens is 2. The Morgan fingerprint density at radius 3 is 2.54 bits per heavy atom. The van der Waals surface area contributed by atoms with E-state index in [1.165, 1.54) is 21.6 Å². The lowest BCUT2D eigenvalue weighted by Gasteiger charge is -2.14. The second-order valence-corrected chi connectivity index (χ2v) is 7.43. The van der Waals surface area contributed by atoms with Gasteiger partial charge in [-0.3, -0.25) is 0 Å². The van der Waals surface area contributed by atoms with Crippen LogP contribution in [0.25, 0.3) is 20.7 Å². The first-order valence-corrected chi connectivity index (χ1v) is 9.66. The first-order chi connectivity index (χ1) is 12.7. The second kappa shape index (κ2) is 6.89. The van der Waals surface area contributed by atoms with Gasteiger partial charge in [0.05, 0.1) is 5.39 Å². The summed E-state index contributed by atoms with van der Waals surface area (Å²) in [5, 5.41) is 4.67. The van der Waals surface area contributed by atoms with Gasteiger partial charge in [-0.25, -0.2) is 9.97 Å². The van der Waals surface area contributed by atoms with Crippen molar-refractivity contribution >= 4 is 33.1 Å². The monoisotopic (exact) mass is 359 g/mol. The molecule has 0 amide bonds. The molecule has 1 N–H and O–H groups in total. The van der Waals surface area contributed by atoms with Crippen LogP contribution in [0.3, 0.4) is 0 Å². The van der Waals surface area contributed by atoms with E-state index in [9.17, 15) is 0 Å². The van der Waals surface area contributed by atoms with Gasteiger partial charge >= 0.3 is 0 Å². The molecule has 4 heteroatoms. The smallest absolute Gasteiger partial charge is 0.142 e. The van der Waals surface area contributed by atoms with Crippen molar-refractivity contribution in [2.75, 3.05) is 5.32 Å². The van der Waals surface area contributed by atoms with Gasteiger partial charge in [-0.15, -0.1) is 11.3 Å². The van der Waals surface area contributed by atoms with E-state index in [2.05, 4.69) is 72.7 Å². The van der Waals surface area contributed by atoms with Gasteiger partial charge in [-0.1, -0.05) is 55.5 Å². The predicted octanol–water partition coefficient (Wildman–Crippen LogP) is 6.28. The van der Waals surface area contributed by atoms with Crippen LogP contribution < -0.4 is 5.32 Å². The summed E-state index contributed by atoms with van der Waals surface area (Å²) in [6.07, 6.45) is 0.982. The number of rotatable bonds is 4. The molecule has 0 aliphatic heterocycles. The summed E-state index contributed by atoms with van der Waals surface area (Å²) in [7, 11) is 0. The highest BCUT2D eigenvalue weighted by atomic mass is 32.1. The molecule has 2 aromatic carbocycles. The Kier molecular flexibility index (Phi) is 4.43. The minimum Gasteiger partial charge on any atom is -0.339 e. The Hall–Kier alpha value is -2.72. The number of para-hydroxylation sites is 1. The van der Waals surface area contributed by atoms with E-state index in [0.717, 1.165) is 34.0 Å². The van der Waals surface area contributed by atoms with Gasteiger partial charge in [-0.05, 0) is 43.0 Å². The summed E-state index contributed by atoms with van der Waals surface area (Å²) in [4.78, 5) is 11.6. The van der Waals surface area contributed by atoms with Crippen molar-refractivity contribution in [2.24, 2.45) is 0 Å². The van der Waals surface area contributed by atoms with Gasteiger partial charge in [0, 0.05) is 10.6 Å². The molecule has 2 heterocycles. The Morgan fingerprint density at radius 1 is 0.962 bits per heavy atom. The Bertz CT molecular complexity index is 1070. The second-order valence-electron chi connectivity index (χ2n) is 6.40. The van der Waals surface area contributed by atoms with Crippen LogP contribution >= 0.6 is 11.3 Å². The van der Waals surface area contributed by atoms with Crippen molar-refractivity contribution in [2.45, 2.75) is 27.2 Å². The molecule has 0 saturated heterocycles. The van der Waals surface area contributed by atoms with Gasteiger partial charge in [0.25, 0.3) is 0 Å². The molecule has 26 heavy (non-hydrogen) atoms. The zero-order valence-corrected chi connectivity index (χ0v) is 16.0. The Morgan fingerprint density at radius 2 is 1.77 bits per heavy atom. The molecule has 0 saturated carbocycles. The van der Waals surface area contributed by atoms with Crippen LogP contribution in [0.4, 0.5) is 11.5 Å². The maximum absolute atomic E-state index is 4.70. The van der Waals surface area contributed by atoms with E-state index >= 15 is 0 Å². The third-order valence-electron chi connectivity index (χ3n) is 4.55. The molecule has 0 aliphatic carbocycles. The number of hydrogen-bond donors (Lipinski definition) is 1. The highest BCUT2D eigenvalue weighted by Crippen LogP contribution is 2.37. The van der Waals surface area contributed by atoms with Crippen LogP contribution in [-0.2, 0) is 6.42 Å². The quantitative estimate of drug-likeness (QED) is 0.466. The third kappa shape index (κ3) is 3.08. The Labute approximate surface area is 157 Å². The number of benzene rings is 2. The average Bonchev–Trinajstić information content (AvgIpc) is 3.08. The normalized spacial score (nSPS) is 11.0. The topological polar surface area (TPSA) is 37.8 Å². The molecule has 0 aliphatic rings. The van der Waals surface area contributed by atoms with Crippen molar-refractivity contribution in [1.82, 2.24) is 9.97 Å². The minimum atomic E-state index is 0.785. The van der Waals surface area contributed by atoms with Crippen LogP contribution in [0.5, 0.6) is 0 Å². The molecule has 130 valence electrons. The van der Waals surface area contributed by atoms with Gasteiger partial charge < -0.3 is 5.32 Å². The number of hydrogen-bond acceptors (Lipinski definition) is 4. The molecule has 0 atom stereocenters. The molecule has 0 bridgehead atoms. The molecule has 0 fully saturated rings. The molecule has 0 radical (unpaired) electrons. The summed E-state index contributed by atoms with van der Waals surface area (Å²) in [5.41, 5.74) is 4.89. The predicted molar refractivity (Wildman–Crippen MR) is 111 cm³/mol. The zero-order valence-electron chi connectivity index (χ0n) is 15.2. The number of aryl methyl sites for hydroxylation is 3. The Balaban J connectivity index is 1.84. The van der Waals surface area contributed by atoms with Crippen LogP contribution in [0.15, 0.2) is 54.6 Å². The fraction of sp³-hybridized carbons (Fsp3) is 0.182. The van der Waals surface area contributed by atoms with Crippen molar-refractivity contribution in [3.63, 3.8) is 0 Å². The van der Waals surface area contributed by atoms with E-state index < -0.39 is 0 Å². The lowest BCUT2D eigenvalue weighted by Crippen LogP contribution is -2.02. The number of fused-ring (bicyclic) bond motifs is 1. The average molecular weight is 359 g/mol. The summed E-state index contributed by atoms with van der Waals surface area (Å²) in [6, 6.07) is 19.0. The van der Waals surface area contributed by atoms with Gasteiger partial charge in [0.2, 0.25) is 0 Å². The first-order valence-electron chi connectivity index (χ1n) is 8.85. The van der Waals surface area contributed by atoms with E-state index in [4.69, 9.17) is 4.98 Å². The van der Waals surface area contributed by atoms with Crippen molar-refractivity contribution in [3.05, 3.63) is 71.5 Å². The number of thiophene rings is 1. The summed E-state index contributed by atoms with van der Waals surface area (Å²) >= 11 is 1.71. The molecule has 4 rings (SSSR count).